The van der Waals surface area contributed by atoms with Crippen LogP contribution in [0.2, 0.25) is 0 Å². The van der Waals surface area contributed by atoms with Gasteiger partial charge in [0.1, 0.15) is 5.75 Å². The molecule has 1 heterocycles. The lowest BCUT2D eigenvalue weighted by atomic mass is 9.86. The summed E-state index contributed by atoms with van der Waals surface area (Å²) in [5.74, 6) is -0.583. The minimum Gasteiger partial charge on any atom is -0.497 e. The van der Waals surface area contributed by atoms with E-state index >= 15 is 4.39 Å². The van der Waals surface area contributed by atoms with E-state index in [1.54, 1.807) is 31.4 Å². The lowest BCUT2D eigenvalue weighted by molar-refractivity contribution is -0.151. The van der Waals surface area contributed by atoms with Gasteiger partial charge in [0.15, 0.2) is 0 Å². The van der Waals surface area contributed by atoms with Gasteiger partial charge in [0.2, 0.25) is 5.67 Å². The number of rotatable bonds is 4. The Hall–Kier alpha value is -1.62. The van der Waals surface area contributed by atoms with E-state index in [4.69, 9.17) is 4.74 Å². The van der Waals surface area contributed by atoms with Crippen molar-refractivity contribution in [1.29, 1.82) is 0 Å². The molecule has 24 heavy (non-hydrogen) atoms. The van der Waals surface area contributed by atoms with Gasteiger partial charge in [-0.2, -0.15) is 0 Å². The van der Waals surface area contributed by atoms with Crippen molar-refractivity contribution in [3.8, 4) is 5.75 Å². The molecule has 1 saturated carbocycles. The number of ether oxygens (including phenoxy) is 1. The van der Waals surface area contributed by atoms with Crippen molar-refractivity contribution in [3.05, 3.63) is 29.8 Å². The van der Waals surface area contributed by atoms with Crippen molar-refractivity contribution in [2.45, 2.75) is 50.2 Å². The van der Waals surface area contributed by atoms with E-state index in [2.05, 4.69) is 11.8 Å². The number of hydrogen-bond acceptors (Lipinski definition) is 3. The number of halogens is 1. The molecule has 0 amide bonds. The van der Waals surface area contributed by atoms with Gasteiger partial charge in [-0.1, -0.05) is 19.1 Å². The van der Waals surface area contributed by atoms with E-state index in [0.717, 1.165) is 37.2 Å². The first-order valence-corrected chi connectivity index (χ1v) is 8.74. The Labute approximate surface area is 142 Å². The van der Waals surface area contributed by atoms with Crippen molar-refractivity contribution < 1.29 is 19.0 Å². The van der Waals surface area contributed by atoms with Gasteiger partial charge in [0, 0.05) is 25.0 Å². The summed E-state index contributed by atoms with van der Waals surface area (Å²) in [5, 5.41) is 9.54. The standard InChI is InChI=1S/C19H26FNO3/c1-13-3-7-15(8-4-13)21-11-17(19(20,12-21)18(22)23)14-5-9-16(24-2)10-6-14/h5-6,9-10,13,15,17H,3-4,7-8,11-12H2,1-2H3,(H,22,23)/t13-,15-,17-,19-/m0/s1. The van der Waals surface area contributed by atoms with E-state index in [1.807, 2.05) is 0 Å². The Morgan fingerprint density at radius 2 is 1.88 bits per heavy atom. The van der Waals surface area contributed by atoms with Crippen LogP contribution in [0, 0.1) is 5.92 Å². The third-order valence-corrected chi connectivity index (χ3v) is 5.78. The first-order valence-electron chi connectivity index (χ1n) is 8.74. The molecule has 4 nitrogen and oxygen atoms in total. The molecule has 1 aromatic carbocycles. The van der Waals surface area contributed by atoms with Gasteiger partial charge >= 0.3 is 5.97 Å². The number of aliphatic carboxylic acids is 1. The van der Waals surface area contributed by atoms with Gasteiger partial charge in [-0.25, -0.2) is 9.18 Å². The highest BCUT2D eigenvalue weighted by atomic mass is 19.1. The molecule has 1 aliphatic heterocycles. The Morgan fingerprint density at radius 3 is 2.42 bits per heavy atom. The molecule has 3 rings (SSSR count). The van der Waals surface area contributed by atoms with Gasteiger partial charge in [0.25, 0.3) is 0 Å². The highest BCUT2D eigenvalue weighted by Gasteiger charge is 2.55. The van der Waals surface area contributed by atoms with E-state index in [0.29, 0.717) is 18.3 Å². The SMILES string of the molecule is COc1ccc([C@@H]2CN([C@H]3CC[C@H](C)CC3)C[C@@]2(F)C(=O)O)cc1. The first kappa shape index (κ1) is 17.2. The summed E-state index contributed by atoms with van der Waals surface area (Å²) in [6.45, 7) is 2.70. The molecule has 2 aliphatic rings. The topological polar surface area (TPSA) is 49.8 Å². The summed E-state index contributed by atoms with van der Waals surface area (Å²) in [5.41, 5.74) is -1.50. The van der Waals surface area contributed by atoms with Crippen molar-refractivity contribution >= 4 is 5.97 Å². The van der Waals surface area contributed by atoms with Crippen LogP contribution in [-0.2, 0) is 4.79 Å². The van der Waals surface area contributed by atoms with E-state index in [9.17, 15) is 9.90 Å². The molecule has 0 unspecified atom stereocenters. The summed E-state index contributed by atoms with van der Waals surface area (Å²) in [6.07, 6.45) is 4.35. The summed E-state index contributed by atoms with van der Waals surface area (Å²) < 4.78 is 20.5. The average molecular weight is 335 g/mol. The molecule has 0 spiro atoms. The largest absolute Gasteiger partial charge is 0.497 e. The molecule has 0 radical (unpaired) electrons. The Kier molecular flexibility index (Phi) is 4.81. The van der Waals surface area contributed by atoms with E-state index < -0.39 is 17.6 Å². The molecule has 0 bridgehead atoms. The quantitative estimate of drug-likeness (QED) is 0.915. The Bertz CT molecular complexity index is 583. The summed E-state index contributed by atoms with van der Waals surface area (Å²) >= 11 is 0. The fraction of sp³-hybridized carbons (Fsp3) is 0.632. The fourth-order valence-electron chi connectivity index (χ4n) is 4.16. The summed E-state index contributed by atoms with van der Waals surface area (Å²) in [7, 11) is 1.58. The second kappa shape index (κ2) is 6.71. The van der Waals surface area contributed by atoms with Crippen LogP contribution in [0.3, 0.4) is 0 Å². The van der Waals surface area contributed by atoms with Crippen LogP contribution < -0.4 is 4.74 Å². The van der Waals surface area contributed by atoms with Crippen LogP contribution in [0.25, 0.3) is 0 Å². The normalized spacial score (nSPS) is 34.2. The van der Waals surface area contributed by atoms with Crippen LogP contribution in [0.1, 0.15) is 44.1 Å². The van der Waals surface area contributed by atoms with Gasteiger partial charge in [-0.05, 0) is 49.3 Å². The number of alkyl halides is 1. The van der Waals surface area contributed by atoms with Crippen LogP contribution in [-0.4, -0.2) is 47.9 Å². The van der Waals surface area contributed by atoms with Crippen molar-refractivity contribution in [2.75, 3.05) is 20.2 Å². The molecular weight excluding hydrogens is 309 g/mol. The number of likely N-dealkylation sites (tertiary alicyclic amines) is 1. The summed E-state index contributed by atoms with van der Waals surface area (Å²) in [4.78, 5) is 13.7. The number of methoxy groups -OCH3 is 1. The predicted molar refractivity (Wildman–Crippen MR) is 90.2 cm³/mol. The average Bonchev–Trinajstić information content (AvgIpc) is 2.95. The highest BCUT2D eigenvalue weighted by molar-refractivity contribution is 5.80. The fourth-order valence-corrected chi connectivity index (χ4v) is 4.16. The molecule has 0 aromatic heterocycles. The molecule has 132 valence electrons. The molecule has 1 saturated heterocycles. The number of carbonyl (C=O) groups is 1. The zero-order chi connectivity index (χ0) is 17.3. The molecule has 2 atom stereocenters. The van der Waals surface area contributed by atoms with Gasteiger partial charge in [-0.15, -0.1) is 0 Å². The molecular formula is C19H26FNO3. The Balaban J connectivity index is 1.82. The smallest absolute Gasteiger partial charge is 0.343 e. The second-order valence-electron chi connectivity index (χ2n) is 7.34. The zero-order valence-electron chi connectivity index (χ0n) is 14.4. The maximum absolute atomic E-state index is 15.4. The number of nitrogens with zero attached hydrogens (tertiary/aromatic N) is 1. The van der Waals surface area contributed by atoms with E-state index in [1.165, 1.54) is 0 Å². The molecule has 1 aliphatic carbocycles. The maximum Gasteiger partial charge on any atom is 0.343 e. The first-order chi connectivity index (χ1) is 11.4. The highest BCUT2D eigenvalue weighted by Crippen LogP contribution is 2.42. The lowest BCUT2D eigenvalue weighted by Gasteiger charge is -2.33. The predicted octanol–water partition coefficient (Wildman–Crippen LogP) is 3.47. The zero-order valence-corrected chi connectivity index (χ0v) is 14.4. The third kappa shape index (κ3) is 3.14. The molecule has 1 N–H and O–H groups in total. The van der Waals surface area contributed by atoms with Gasteiger partial charge < -0.3 is 9.84 Å². The lowest BCUT2D eigenvalue weighted by Crippen LogP contribution is -2.43. The molecule has 5 heteroatoms. The monoisotopic (exact) mass is 335 g/mol. The van der Waals surface area contributed by atoms with Crippen molar-refractivity contribution in [1.82, 2.24) is 4.90 Å². The number of hydrogen-bond donors (Lipinski definition) is 1. The van der Waals surface area contributed by atoms with Crippen LogP contribution in [0.5, 0.6) is 5.75 Å². The Morgan fingerprint density at radius 1 is 1.25 bits per heavy atom. The van der Waals surface area contributed by atoms with Gasteiger partial charge in [0.05, 0.1) is 7.11 Å². The minimum atomic E-state index is -2.22. The second-order valence-corrected chi connectivity index (χ2v) is 7.34. The maximum atomic E-state index is 15.4. The number of carboxylic acid groups (broad SMARTS) is 1. The number of benzene rings is 1. The van der Waals surface area contributed by atoms with Crippen LogP contribution in [0.15, 0.2) is 24.3 Å². The summed E-state index contributed by atoms with van der Waals surface area (Å²) in [6, 6.07) is 7.41. The molecule has 2 fully saturated rings. The molecule has 1 aromatic rings. The van der Waals surface area contributed by atoms with Crippen LogP contribution >= 0.6 is 0 Å². The minimum absolute atomic E-state index is 0.0158. The third-order valence-electron chi connectivity index (χ3n) is 5.78. The van der Waals surface area contributed by atoms with E-state index in [-0.39, 0.29) is 6.54 Å². The number of carboxylic acids is 1. The van der Waals surface area contributed by atoms with Crippen LogP contribution in [0.4, 0.5) is 4.39 Å². The van der Waals surface area contributed by atoms with Crippen molar-refractivity contribution in [3.63, 3.8) is 0 Å². The van der Waals surface area contributed by atoms with Crippen molar-refractivity contribution in [2.24, 2.45) is 5.92 Å². The van der Waals surface area contributed by atoms with Gasteiger partial charge in [-0.3, -0.25) is 4.90 Å².